The van der Waals surface area contributed by atoms with Crippen molar-refractivity contribution >= 4 is 15.7 Å². The van der Waals surface area contributed by atoms with Gasteiger partial charge in [0.1, 0.15) is 5.82 Å². The topological polar surface area (TPSA) is 54.5 Å². The maximum atomic E-state index is 13.4. The summed E-state index contributed by atoms with van der Waals surface area (Å²) in [5.41, 5.74) is -1.10. The lowest BCUT2D eigenvalue weighted by Gasteiger charge is -2.54. The van der Waals surface area contributed by atoms with Crippen molar-refractivity contribution in [2.45, 2.75) is 6.43 Å². The number of rotatable bonds is 2. The van der Waals surface area contributed by atoms with Gasteiger partial charge in [0.05, 0.1) is 17.1 Å². The Morgan fingerprint density at radius 1 is 1.24 bits per heavy atom. The van der Waals surface area contributed by atoms with Gasteiger partial charge in [-0.25, -0.2) is 21.6 Å². The third-order valence-corrected chi connectivity index (χ3v) is 5.98. The molecule has 0 atom stereocenters. The summed E-state index contributed by atoms with van der Waals surface area (Å²) < 4.78 is 60.6. The SMILES string of the molecule is O=C(c1ccc(C(F)F)c(F)c1)N1CC2(C1)CS(=O)(=O)C2. The van der Waals surface area contributed by atoms with Crippen LogP contribution in [-0.2, 0) is 9.84 Å². The molecule has 0 N–H and O–H groups in total. The standard InChI is InChI=1S/C13H12F3NO3S/c14-10-3-8(1-2-9(10)11(15)16)12(18)17-4-13(5-17)6-21(19,20)7-13/h1-3,11H,4-7H2. The largest absolute Gasteiger partial charge is 0.337 e. The van der Waals surface area contributed by atoms with Crippen LogP contribution in [0, 0.1) is 11.2 Å². The van der Waals surface area contributed by atoms with Crippen molar-refractivity contribution in [2.24, 2.45) is 5.41 Å². The minimum Gasteiger partial charge on any atom is -0.337 e. The third-order valence-electron chi connectivity index (χ3n) is 3.87. The first-order valence-electron chi connectivity index (χ1n) is 6.29. The molecule has 4 nitrogen and oxygen atoms in total. The third kappa shape index (κ3) is 2.41. The molecule has 1 amide bonds. The Labute approximate surface area is 119 Å². The molecule has 0 saturated carbocycles. The van der Waals surface area contributed by atoms with E-state index in [0.717, 1.165) is 18.2 Å². The van der Waals surface area contributed by atoms with Crippen LogP contribution in [-0.4, -0.2) is 43.8 Å². The Morgan fingerprint density at radius 3 is 2.33 bits per heavy atom. The van der Waals surface area contributed by atoms with Crippen LogP contribution in [0.3, 0.4) is 0 Å². The first-order valence-corrected chi connectivity index (χ1v) is 8.11. The van der Waals surface area contributed by atoms with E-state index in [4.69, 9.17) is 0 Å². The van der Waals surface area contributed by atoms with Gasteiger partial charge in [-0.05, 0) is 18.2 Å². The number of benzene rings is 1. The van der Waals surface area contributed by atoms with E-state index in [2.05, 4.69) is 0 Å². The number of nitrogens with zero attached hydrogens (tertiary/aromatic N) is 1. The molecule has 8 heteroatoms. The minimum atomic E-state index is -2.97. The van der Waals surface area contributed by atoms with Gasteiger partial charge in [-0.2, -0.15) is 0 Å². The van der Waals surface area contributed by atoms with E-state index in [-0.39, 0.29) is 22.5 Å². The Bertz CT molecular complexity index is 697. The van der Waals surface area contributed by atoms with E-state index in [0.29, 0.717) is 13.1 Å². The van der Waals surface area contributed by atoms with Gasteiger partial charge >= 0.3 is 0 Å². The van der Waals surface area contributed by atoms with Crippen LogP contribution in [0.5, 0.6) is 0 Å². The van der Waals surface area contributed by atoms with Crippen molar-refractivity contribution in [1.29, 1.82) is 0 Å². The number of amides is 1. The maximum Gasteiger partial charge on any atom is 0.266 e. The molecule has 0 radical (unpaired) electrons. The molecule has 3 rings (SSSR count). The number of likely N-dealkylation sites (tertiary alicyclic amines) is 1. The number of alkyl halides is 2. The Morgan fingerprint density at radius 2 is 1.86 bits per heavy atom. The van der Waals surface area contributed by atoms with E-state index in [1.165, 1.54) is 4.90 Å². The highest BCUT2D eigenvalue weighted by Gasteiger charge is 2.57. The van der Waals surface area contributed by atoms with Gasteiger partial charge < -0.3 is 4.90 Å². The average molecular weight is 319 g/mol. The Balaban J connectivity index is 1.69. The smallest absolute Gasteiger partial charge is 0.266 e. The van der Waals surface area contributed by atoms with Crippen molar-refractivity contribution in [3.63, 3.8) is 0 Å². The summed E-state index contributed by atoms with van der Waals surface area (Å²) in [7, 11) is -2.97. The summed E-state index contributed by atoms with van der Waals surface area (Å²) in [6, 6.07) is 2.86. The summed E-state index contributed by atoms with van der Waals surface area (Å²) >= 11 is 0. The molecule has 0 aliphatic carbocycles. The highest BCUT2D eigenvalue weighted by atomic mass is 32.2. The van der Waals surface area contributed by atoms with Gasteiger partial charge in [0.15, 0.2) is 9.84 Å². The van der Waals surface area contributed by atoms with E-state index >= 15 is 0 Å². The number of hydrogen-bond acceptors (Lipinski definition) is 3. The maximum absolute atomic E-state index is 13.4. The summed E-state index contributed by atoms with van der Waals surface area (Å²) in [6.07, 6.45) is -2.93. The number of hydrogen-bond donors (Lipinski definition) is 0. The molecule has 0 aromatic heterocycles. The molecule has 2 fully saturated rings. The van der Waals surface area contributed by atoms with Crippen molar-refractivity contribution in [3.05, 3.63) is 35.1 Å². The fourth-order valence-electron chi connectivity index (χ4n) is 3.00. The van der Waals surface area contributed by atoms with Gasteiger partial charge in [0, 0.05) is 24.1 Å². The van der Waals surface area contributed by atoms with Crippen molar-refractivity contribution in [2.75, 3.05) is 24.6 Å². The molecule has 1 aromatic rings. The van der Waals surface area contributed by atoms with E-state index in [1.54, 1.807) is 0 Å². The second kappa shape index (κ2) is 4.46. The molecule has 1 spiro atoms. The molecule has 2 saturated heterocycles. The predicted molar refractivity (Wildman–Crippen MR) is 68.3 cm³/mol. The number of carbonyl (C=O) groups is 1. The lowest BCUT2D eigenvalue weighted by Crippen LogP contribution is -2.69. The molecule has 2 aliphatic rings. The Hall–Kier alpha value is -1.57. The van der Waals surface area contributed by atoms with Crippen molar-refractivity contribution in [1.82, 2.24) is 4.90 Å². The van der Waals surface area contributed by atoms with Crippen molar-refractivity contribution < 1.29 is 26.4 Å². The zero-order valence-corrected chi connectivity index (χ0v) is 11.7. The molecule has 0 bridgehead atoms. The van der Waals surface area contributed by atoms with E-state index < -0.39 is 33.6 Å². The number of carbonyl (C=O) groups excluding carboxylic acids is 1. The van der Waals surface area contributed by atoms with Crippen LogP contribution in [0.2, 0.25) is 0 Å². The van der Waals surface area contributed by atoms with E-state index in [9.17, 15) is 26.4 Å². The Kier molecular flexibility index (Phi) is 3.05. The van der Waals surface area contributed by atoms with Gasteiger partial charge in [0.25, 0.3) is 12.3 Å². The van der Waals surface area contributed by atoms with Crippen LogP contribution in [0.1, 0.15) is 22.3 Å². The molecular weight excluding hydrogens is 307 g/mol. The van der Waals surface area contributed by atoms with Crippen LogP contribution in [0.15, 0.2) is 18.2 Å². The molecule has 2 heterocycles. The van der Waals surface area contributed by atoms with Gasteiger partial charge in [-0.15, -0.1) is 0 Å². The zero-order chi connectivity index (χ0) is 15.4. The highest BCUT2D eigenvalue weighted by Crippen LogP contribution is 2.42. The lowest BCUT2D eigenvalue weighted by molar-refractivity contribution is 0.0201. The summed E-state index contributed by atoms with van der Waals surface area (Å²) in [5, 5.41) is 0. The first-order chi connectivity index (χ1) is 9.71. The fourth-order valence-corrected chi connectivity index (χ4v) is 5.15. The average Bonchev–Trinajstić information content (AvgIpc) is 2.31. The normalized spacial score (nSPS) is 22.0. The van der Waals surface area contributed by atoms with Crippen molar-refractivity contribution in [3.8, 4) is 0 Å². The van der Waals surface area contributed by atoms with Crippen LogP contribution in [0.25, 0.3) is 0 Å². The monoisotopic (exact) mass is 319 g/mol. The summed E-state index contributed by atoms with van der Waals surface area (Å²) in [4.78, 5) is 13.5. The molecule has 0 unspecified atom stereocenters. The molecular formula is C13H12F3NO3S. The highest BCUT2D eigenvalue weighted by molar-refractivity contribution is 7.92. The van der Waals surface area contributed by atoms with Crippen LogP contribution >= 0.6 is 0 Å². The number of halogens is 3. The first kappa shape index (κ1) is 14.4. The zero-order valence-electron chi connectivity index (χ0n) is 10.9. The summed E-state index contributed by atoms with van der Waals surface area (Å²) in [6.45, 7) is 0.618. The molecule has 114 valence electrons. The predicted octanol–water partition coefficient (Wildman–Crippen LogP) is 1.63. The molecule has 21 heavy (non-hydrogen) atoms. The second-order valence-corrected chi connectivity index (χ2v) is 7.79. The minimum absolute atomic E-state index is 0.00562. The number of sulfone groups is 1. The fraction of sp³-hybridized carbons (Fsp3) is 0.462. The van der Waals surface area contributed by atoms with Gasteiger partial charge in [-0.1, -0.05) is 0 Å². The summed E-state index contributed by atoms with van der Waals surface area (Å²) in [5.74, 6) is -1.44. The second-order valence-electron chi connectivity index (χ2n) is 5.73. The van der Waals surface area contributed by atoms with Gasteiger partial charge in [0.2, 0.25) is 0 Å². The molecule has 2 aliphatic heterocycles. The van der Waals surface area contributed by atoms with Crippen LogP contribution in [0.4, 0.5) is 13.2 Å². The van der Waals surface area contributed by atoms with E-state index in [1.807, 2.05) is 0 Å². The lowest BCUT2D eigenvalue weighted by atomic mass is 9.82. The molecule has 1 aromatic carbocycles. The quantitative estimate of drug-likeness (QED) is 0.832. The van der Waals surface area contributed by atoms with Gasteiger partial charge in [-0.3, -0.25) is 4.79 Å². The van der Waals surface area contributed by atoms with Crippen LogP contribution < -0.4 is 0 Å².